The Hall–Kier alpha value is -0.690. The molecule has 5 unspecified atom stereocenters. The van der Waals surface area contributed by atoms with E-state index in [-0.39, 0.29) is 0 Å². The number of carbonyl (C=O) groups is 1. The second-order valence-corrected chi connectivity index (χ2v) is 3.47. The third-order valence-corrected chi connectivity index (χ3v) is 2.53. The maximum absolute atomic E-state index is 11.2. The largest absolute Gasteiger partial charge is 0.467 e. The molecular formula is C9H16O6. The Bertz CT molecular complexity index is 231. The summed E-state index contributed by atoms with van der Waals surface area (Å²) in [5.41, 5.74) is 0. The van der Waals surface area contributed by atoms with Gasteiger partial charge in [-0.1, -0.05) is 0 Å². The van der Waals surface area contributed by atoms with Gasteiger partial charge in [-0.05, 0) is 6.92 Å². The Morgan fingerprint density at radius 2 is 1.87 bits per heavy atom. The van der Waals surface area contributed by atoms with Gasteiger partial charge in [-0.2, -0.15) is 0 Å². The fourth-order valence-corrected chi connectivity index (χ4v) is 1.68. The molecular weight excluding hydrogens is 204 g/mol. The van der Waals surface area contributed by atoms with Crippen LogP contribution in [0.15, 0.2) is 0 Å². The molecule has 1 aliphatic heterocycles. The minimum atomic E-state index is -1.33. The van der Waals surface area contributed by atoms with Gasteiger partial charge in [-0.15, -0.1) is 0 Å². The Kier molecular flexibility index (Phi) is 4.04. The monoisotopic (exact) mass is 220 g/mol. The molecule has 1 heterocycles. The van der Waals surface area contributed by atoms with Crippen LogP contribution in [-0.4, -0.2) is 60.9 Å². The number of hydrogen-bond donors (Lipinski definition) is 2. The van der Waals surface area contributed by atoms with E-state index in [2.05, 4.69) is 4.74 Å². The maximum Gasteiger partial charge on any atom is 0.337 e. The number of aliphatic hydroxyl groups is 2. The summed E-state index contributed by atoms with van der Waals surface area (Å²) in [6.45, 7) is 1.65. The van der Waals surface area contributed by atoms with Gasteiger partial charge in [0.15, 0.2) is 6.10 Å². The van der Waals surface area contributed by atoms with Gasteiger partial charge in [-0.25, -0.2) is 4.79 Å². The number of carbonyl (C=O) groups excluding carboxylic acids is 1. The van der Waals surface area contributed by atoms with Gasteiger partial charge < -0.3 is 24.4 Å². The van der Waals surface area contributed by atoms with Gasteiger partial charge in [0.05, 0.1) is 13.2 Å². The van der Waals surface area contributed by atoms with Crippen molar-refractivity contribution in [3.05, 3.63) is 0 Å². The Balaban J connectivity index is 2.77. The van der Waals surface area contributed by atoms with Crippen molar-refractivity contribution in [3.8, 4) is 0 Å². The number of ether oxygens (including phenoxy) is 3. The lowest BCUT2D eigenvalue weighted by atomic mass is 9.95. The third kappa shape index (κ3) is 2.28. The summed E-state index contributed by atoms with van der Waals surface area (Å²) in [5.74, 6) is -0.706. The molecule has 0 aromatic heterocycles. The molecule has 0 aromatic carbocycles. The lowest BCUT2D eigenvalue weighted by Gasteiger charge is -2.39. The molecule has 6 heteroatoms. The Morgan fingerprint density at radius 3 is 2.33 bits per heavy atom. The summed E-state index contributed by atoms with van der Waals surface area (Å²) in [6, 6.07) is 0. The fraction of sp³-hybridized carbons (Fsp3) is 0.889. The van der Waals surface area contributed by atoms with Crippen molar-refractivity contribution < 1.29 is 29.2 Å². The molecule has 0 amide bonds. The highest BCUT2D eigenvalue weighted by Crippen LogP contribution is 2.23. The summed E-state index contributed by atoms with van der Waals surface area (Å²) < 4.78 is 14.6. The Labute approximate surface area is 87.7 Å². The first-order valence-corrected chi connectivity index (χ1v) is 4.65. The molecule has 2 N–H and O–H groups in total. The predicted octanol–water partition coefficient (Wildman–Crippen LogP) is -1.32. The molecule has 15 heavy (non-hydrogen) atoms. The average Bonchev–Trinajstić information content (AvgIpc) is 2.23. The zero-order valence-corrected chi connectivity index (χ0v) is 8.91. The first kappa shape index (κ1) is 12.4. The van der Waals surface area contributed by atoms with Crippen LogP contribution in [0.4, 0.5) is 0 Å². The van der Waals surface area contributed by atoms with Crippen LogP contribution in [0.5, 0.6) is 0 Å². The van der Waals surface area contributed by atoms with E-state index in [4.69, 9.17) is 9.47 Å². The number of hydrogen-bond acceptors (Lipinski definition) is 6. The molecule has 0 spiro atoms. The normalized spacial score (nSPS) is 41.3. The van der Waals surface area contributed by atoms with Crippen LogP contribution in [0.1, 0.15) is 6.92 Å². The molecule has 0 radical (unpaired) electrons. The zero-order chi connectivity index (χ0) is 11.6. The van der Waals surface area contributed by atoms with Crippen molar-refractivity contribution >= 4 is 5.97 Å². The predicted molar refractivity (Wildman–Crippen MR) is 49.2 cm³/mol. The van der Waals surface area contributed by atoms with Crippen LogP contribution in [0, 0.1) is 0 Å². The molecule has 0 bridgehead atoms. The number of aliphatic hydroxyl groups excluding tert-OH is 2. The molecule has 6 nitrogen and oxygen atoms in total. The van der Waals surface area contributed by atoms with Gasteiger partial charge in [0.2, 0.25) is 0 Å². The van der Waals surface area contributed by atoms with E-state index in [9.17, 15) is 15.0 Å². The van der Waals surface area contributed by atoms with Crippen molar-refractivity contribution in [2.45, 2.75) is 37.4 Å². The third-order valence-electron chi connectivity index (χ3n) is 2.53. The fourth-order valence-electron chi connectivity index (χ4n) is 1.68. The minimum absolute atomic E-state index is 0.488. The molecule has 5 atom stereocenters. The molecule has 1 saturated heterocycles. The molecule has 0 aromatic rings. The molecule has 0 saturated carbocycles. The smallest absolute Gasteiger partial charge is 0.337 e. The first-order chi connectivity index (χ1) is 7.02. The molecule has 1 aliphatic rings. The van der Waals surface area contributed by atoms with Gasteiger partial charge in [0.25, 0.3) is 0 Å². The van der Waals surface area contributed by atoms with Crippen molar-refractivity contribution in [2.75, 3.05) is 14.2 Å². The van der Waals surface area contributed by atoms with Crippen LogP contribution >= 0.6 is 0 Å². The maximum atomic E-state index is 11.2. The highest BCUT2D eigenvalue weighted by Gasteiger charge is 2.46. The van der Waals surface area contributed by atoms with Crippen molar-refractivity contribution in [1.82, 2.24) is 0 Å². The SMILES string of the molecule is COC(=O)C1OC(C)C(OC)C(O)C1O. The Morgan fingerprint density at radius 1 is 1.27 bits per heavy atom. The van der Waals surface area contributed by atoms with Gasteiger partial charge >= 0.3 is 5.97 Å². The summed E-state index contributed by atoms with van der Waals surface area (Å²) in [4.78, 5) is 11.2. The number of esters is 1. The standard InChI is InChI=1S/C9H16O6/c1-4-7(13-2)5(10)6(11)8(15-4)9(12)14-3/h4-8,10-11H,1-3H3. The van der Waals surface area contributed by atoms with E-state index in [1.54, 1.807) is 6.92 Å². The number of rotatable bonds is 2. The second kappa shape index (κ2) is 4.89. The summed E-state index contributed by atoms with van der Waals surface area (Å²) in [7, 11) is 2.59. The second-order valence-electron chi connectivity index (χ2n) is 3.47. The zero-order valence-electron chi connectivity index (χ0n) is 8.91. The van der Waals surface area contributed by atoms with Crippen LogP contribution < -0.4 is 0 Å². The molecule has 1 rings (SSSR count). The quantitative estimate of drug-likeness (QED) is 0.562. The first-order valence-electron chi connectivity index (χ1n) is 4.65. The van der Waals surface area contributed by atoms with Gasteiger partial charge in [0, 0.05) is 7.11 Å². The number of methoxy groups -OCH3 is 2. The van der Waals surface area contributed by atoms with Crippen molar-refractivity contribution in [2.24, 2.45) is 0 Å². The van der Waals surface area contributed by atoms with E-state index in [1.807, 2.05) is 0 Å². The van der Waals surface area contributed by atoms with E-state index >= 15 is 0 Å². The highest BCUT2D eigenvalue weighted by molar-refractivity contribution is 5.75. The van der Waals surface area contributed by atoms with Crippen LogP contribution in [0.25, 0.3) is 0 Å². The van der Waals surface area contributed by atoms with Crippen LogP contribution in [-0.2, 0) is 19.0 Å². The average molecular weight is 220 g/mol. The lowest BCUT2D eigenvalue weighted by molar-refractivity contribution is -0.230. The summed E-state index contributed by atoms with van der Waals surface area (Å²) in [5, 5.41) is 19.3. The molecule has 1 fully saturated rings. The molecule has 0 aliphatic carbocycles. The lowest BCUT2D eigenvalue weighted by Crippen LogP contribution is -2.59. The summed E-state index contributed by atoms with van der Waals surface area (Å²) >= 11 is 0. The van der Waals surface area contributed by atoms with Crippen molar-refractivity contribution in [1.29, 1.82) is 0 Å². The van der Waals surface area contributed by atoms with E-state index in [0.717, 1.165) is 0 Å². The summed E-state index contributed by atoms with van der Waals surface area (Å²) in [6.07, 6.45) is -4.80. The minimum Gasteiger partial charge on any atom is -0.467 e. The highest BCUT2D eigenvalue weighted by atomic mass is 16.6. The topological polar surface area (TPSA) is 85.2 Å². The van der Waals surface area contributed by atoms with Gasteiger partial charge in [0.1, 0.15) is 18.3 Å². The van der Waals surface area contributed by atoms with E-state index < -0.39 is 36.5 Å². The van der Waals surface area contributed by atoms with E-state index in [0.29, 0.717) is 0 Å². The molecule has 88 valence electrons. The van der Waals surface area contributed by atoms with Gasteiger partial charge in [-0.3, -0.25) is 0 Å². The van der Waals surface area contributed by atoms with Crippen molar-refractivity contribution in [3.63, 3.8) is 0 Å². The van der Waals surface area contributed by atoms with Crippen LogP contribution in [0.2, 0.25) is 0 Å². The van der Waals surface area contributed by atoms with E-state index in [1.165, 1.54) is 14.2 Å². The van der Waals surface area contributed by atoms with Crippen LogP contribution in [0.3, 0.4) is 0 Å².